The van der Waals surface area contributed by atoms with E-state index in [1.165, 1.54) is 7.05 Å². The Kier molecular flexibility index (Phi) is 5.69. The van der Waals surface area contributed by atoms with Crippen LogP contribution in [-0.2, 0) is 14.8 Å². The molecule has 1 amide bonds. The molecule has 0 fully saturated rings. The van der Waals surface area contributed by atoms with Gasteiger partial charge in [-0.3, -0.25) is 9.10 Å². The number of aryl methyl sites for hydroxylation is 1. The minimum absolute atomic E-state index is 0.320. The maximum absolute atomic E-state index is 12.3. The monoisotopic (exact) mass is 362 g/mol. The van der Waals surface area contributed by atoms with Gasteiger partial charge in [0.2, 0.25) is 10.0 Å². The molecule has 1 atom stereocenters. The number of hydrogen-bond donors (Lipinski definition) is 1. The van der Waals surface area contributed by atoms with Crippen LogP contribution in [0.5, 0.6) is 5.75 Å². The lowest BCUT2D eigenvalue weighted by molar-refractivity contribution is -0.122. The van der Waals surface area contributed by atoms with Crippen LogP contribution in [0.4, 0.5) is 11.4 Å². The molecule has 0 saturated carbocycles. The molecule has 0 aliphatic rings. The summed E-state index contributed by atoms with van der Waals surface area (Å²) in [6.07, 6.45) is 0.425. The van der Waals surface area contributed by atoms with E-state index in [0.29, 0.717) is 17.1 Å². The minimum Gasteiger partial charge on any atom is -0.481 e. The maximum Gasteiger partial charge on any atom is 0.265 e. The van der Waals surface area contributed by atoms with Crippen molar-refractivity contribution in [3.8, 4) is 5.75 Å². The number of carbonyl (C=O) groups is 1. The Morgan fingerprint density at radius 2 is 1.80 bits per heavy atom. The second kappa shape index (κ2) is 7.57. The van der Waals surface area contributed by atoms with Crippen LogP contribution < -0.4 is 14.4 Å². The molecular weight excluding hydrogens is 340 g/mol. The highest BCUT2D eigenvalue weighted by Gasteiger charge is 2.16. The molecule has 0 spiro atoms. The second-order valence-electron chi connectivity index (χ2n) is 5.84. The normalized spacial score (nSPS) is 12.3. The molecule has 7 heteroatoms. The van der Waals surface area contributed by atoms with Gasteiger partial charge < -0.3 is 10.1 Å². The van der Waals surface area contributed by atoms with Gasteiger partial charge in [-0.15, -0.1) is 0 Å². The summed E-state index contributed by atoms with van der Waals surface area (Å²) in [5.41, 5.74) is 2.07. The molecule has 2 aromatic carbocycles. The van der Waals surface area contributed by atoms with Crippen molar-refractivity contribution in [2.45, 2.75) is 20.0 Å². The zero-order chi connectivity index (χ0) is 18.6. The first-order chi connectivity index (χ1) is 11.7. The SMILES string of the molecule is Cc1ccc(O[C@@H](C)C(=O)Nc2cccc(N(C)S(C)(=O)=O)c2)cc1. The first kappa shape index (κ1) is 18.8. The van der Waals surface area contributed by atoms with Gasteiger partial charge in [0.25, 0.3) is 5.91 Å². The first-order valence-corrected chi connectivity index (χ1v) is 9.60. The van der Waals surface area contributed by atoms with E-state index in [2.05, 4.69) is 5.32 Å². The third-order valence-electron chi connectivity index (χ3n) is 3.68. The Labute approximate surface area is 148 Å². The largest absolute Gasteiger partial charge is 0.481 e. The quantitative estimate of drug-likeness (QED) is 0.857. The van der Waals surface area contributed by atoms with Crippen LogP contribution in [0.3, 0.4) is 0 Å². The average Bonchev–Trinajstić information content (AvgIpc) is 2.55. The van der Waals surface area contributed by atoms with E-state index in [0.717, 1.165) is 16.1 Å². The van der Waals surface area contributed by atoms with E-state index < -0.39 is 16.1 Å². The smallest absolute Gasteiger partial charge is 0.265 e. The van der Waals surface area contributed by atoms with Gasteiger partial charge in [0, 0.05) is 12.7 Å². The first-order valence-electron chi connectivity index (χ1n) is 7.75. The van der Waals surface area contributed by atoms with Gasteiger partial charge in [0.15, 0.2) is 6.10 Å². The summed E-state index contributed by atoms with van der Waals surface area (Å²) in [5, 5.41) is 2.73. The van der Waals surface area contributed by atoms with Crippen molar-refractivity contribution < 1.29 is 17.9 Å². The van der Waals surface area contributed by atoms with Crippen molar-refractivity contribution in [2.24, 2.45) is 0 Å². The Balaban J connectivity index is 2.06. The lowest BCUT2D eigenvalue weighted by Gasteiger charge is -2.18. The number of ether oxygens (including phenoxy) is 1. The summed E-state index contributed by atoms with van der Waals surface area (Å²) in [7, 11) is -1.91. The molecule has 0 aromatic heterocycles. The number of carbonyl (C=O) groups excluding carboxylic acids is 1. The van der Waals surface area contributed by atoms with Crippen molar-refractivity contribution in [3.05, 3.63) is 54.1 Å². The number of benzene rings is 2. The van der Waals surface area contributed by atoms with Crippen LogP contribution >= 0.6 is 0 Å². The molecule has 1 N–H and O–H groups in total. The van der Waals surface area contributed by atoms with E-state index in [4.69, 9.17) is 4.74 Å². The van der Waals surface area contributed by atoms with E-state index in [-0.39, 0.29) is 5.91 Å². The van der Waals surface area contributed by atoms with Crippen molar-refractivity contribution in [1.82, 2.24) is 0 Å². The highest BCUT2D eigenvalue weighted by Crippen LogP contribution is 2.21. The summed E-state index contributed by atoms with van der Waals surface area (Å²) >= 11 is 0. The van der Waals surface area contributed by atoms with E-state index >= 15 is 0 Å². The summed E-state index contributed by atoms with van der Waals surface area (Å²) < 4.78 is 30.0. The van der Waals surface area contributed by atoms with Gasteiger partial charge in [-0.2, -0.15) is 0 Å². The van der Waals surface area contributed by atoms with Gasteiger partial charge in [0.1, 0.15) is 5.75 Å². The van der Waals surface area contributed by atoms with Crippen molar-refractivity contribution in [3.63, 3.8) is 0 Å². The molecule has 0 saturated heterocycles. The van der Waals surface area contributed by atoms with Gasteiger partial charge in [-0.05, 0) is 44.2 Å². The van der Waals surface area contributed by atoms with E-state index in [1.807, 2.05) is 19.1 Å². The molecule has 2 rings (SSSR count). The summed E-state index contributed by atoms with van der Waals surface area (Å²) in [6.45, 7) is 3.63. The molecule has 0 heterocycles. The van der Waals surface area contributed by atoms with Crippen LogP contribution in [0.1, 0.15) is 12.5 Å². The Morgan fingerprint density at radius 1 is 1.16 bits per heavy atom. The fourth-order valence-corrected chi connectivity index (χ4v) is 2.59. The molecule has 0 unspecified atom stereocenters. The molecule has 25 heavy (non-hydrogen) atoms. The number of sulfonamides is 1. The molecule has 134 valence electrons. The zero-order valence-corrected chi connectivity index (χ0v) is 15.5. The van der Waals surface area contributed by atoms with Crippen LogP contribution in [-0.4, -0.2) is 33.7 Å². The van der Waals surface area contributed by atoms with Crippen molar-refractivity contribution in [1.29, 1.82) is 0 Å². The van der Waals surface area contributed by atoms with E-state index in [1.54, 1.807) is 43.3 Å². The predicted octanol–water partition coefficient (Wildman–Crippen LogP) is 2.80. The Bertz CT molecular complexity index is 848. The summed E-state index contributed by atoms with van der Waals surface area (Å²) in [5.74, 6) is 0.290. The highest BCUT2D eigenvalue weighted by molar-refractivity contribution is 7.92. The number of nitrogens with one attached hydrogen (secondary N) is 1. The molecule has 6 nitrogen and oxygen atoms in total. The lowest BCUT2D eigenvalue weighted by atomic mass is 10.2. The van der Waals surface area contributed by atoms with Crippen LogP contribution in [0, 0.1) is 6.92 Å². The standard InChI is InChI=1S/C18H22N2O4S/c1-13-8-10-17(11-9-13)24-14(2)18(21)19-15-6-5-7-16(12-15)20(3)25(4,22)23/h5-12,14H,1-4H3,(H,19,21)/t14-/m0/s1. The topological polar surface area (TPSA) is 75.7 Å². The summed E-state index contributed by atoms with van der Waals surface area (Å²) in [6, 6.07) is 14.0. The number of hydrogen-bond acceptors (Lipinski definition) is 4. The van der Waals surface area contributed by atoms with Crippen LogP contribution in [0.25, 0.3) is 0 Å². The number of anilines is 2. The van der Waals surface area contributed by atoms with E-state index in [9.17, 15) is 13.2 Å². The molecular formula is C18H22N2O4S. The Morgan fingerprint density at radius 3 is 2.40 bits per heavy atom. The van der Waals surface area contributed by atoms with Gasteiger partial charge in [-0.1, -0.05) is 23.8 Å². The van der Waals surface area contributed by atoms with Crippen molar-refractivity contribution in [2.75, 3.05) is 22.9 Å². The van der Waals surface area contributed by atoms with Gasteiger partial charge in [-0.25, -0.2) is 8.42 Å². The molecule has 0 aliphatic carbocycles. The van der Waals surface area contributed by atoms with Crippen LogP contribution in [0.15, 0.2) is 48.5 Å². The van der Waals surface area contributed by atoms with Gasteiger partial charge in [0.05, 0.1) is 11.9 Å². The summed E-state index contributed by atoms with van der Waals surface area (Å²) in [4.78, 5) is 12.3. The fourth-order valence-electron chi connectivity index (χ4n) is 2.09. The minimum atomic E-state index is -3.37. The molecule has 0 bridgehead atoms. The molecule has 0 radical (unpaired) electrons. The molecule has 0 aliphatic heterocycles. The second-order valence-corrected chi connectivity index (χ2v) is 7.86. The Hall–Kier alpha value is -2.54. The zero-order valence-electron chi connectivity index (χ0n) is 14.7. The molecule has 2 aromatic rings. The predicted molar refractivity (Wildman–Crippen MR) is 99.6 cm³/mol. The fraction of sp³-hybridized carbons (Fsp3) is 0.278. The van der Waals surface area contributed by atoms with Crippen molar-refractivity contribution >= 4 is 27.3 Å². The van der Waals surface area contributed by atoms with Crippen LogP contribution in [0.2, 0.25) is 0 Å². The average molecular weight is 362 g/mol. The third-order valence-corrected chi connectivity index (χ3v) is 4.88. The maximum atomic E-state index is 12.3. The third kappa shape index (κ3) is 5.22. The van der Waals surface area contributed by atoms with Gasteiger partial charge >= 0.3 is 0 Å². The number of nitrogens with zero attached hydrogens (tertiary/aromatic N) is 1. The number of amides is 1. The highest BCUT2D eigenvalue weighted by atomic mass is 32.2. The lowest BCUT2D eigenvalue weighted by Crippen LogP contribution is -2.30. The number of rotatable bonds is 6.